The summed E-state index contributed by atoms with van der Waals surface area (Å²) in [5, 5.41) is 0. The number of carbonyl (C=O) groups excluding carboxylic acids is 1. The average molecular weight is 312 g/mol. The molecular weight excluding hydrogens is 288 g/mol. The molecule has 0 radical (unpaired) electrons. The molecule has 0 amide bonds. The molecule has 4 heteroatoms. The Morgan fingerprint density at radius 2 is 2.30 bits per heavy atom. The third-order valence-electron chi connectivity index (χ3n) is 5.03. The number of aryl methyl sites for hydroxylation is 1. The molecule has 0 aliphatic heterocycles. The molecule has 4 nitrogen and oxygen atoms in total. The van der Waals surface area contributed by atoms with Gasteiger partial charge in [-0.25, -0.2) is 4.98 Å². The van der Waals surface area contributed by atoms with Crippen LogP contribution in [-0.4, -0.2) is 22.4 Å². The van der Waals surface area contributed by atoms with Crippen LogP contribution in [0.15, 0.2) is 30.6 Å². The molecule has 3 rings (SSSR count). The predicted molar refractivity (Wildman–Crippen MR) is 89.8 cm³/mol. The van der Waals surface area contributed by atoms with E-state index in [9.17, 15) is 4.79 Å². The minimum atomic E-state index is 0.00822. The number of nitrogens with zero attached hydrogens (tertiary/aromatic N) is 2. The molecule has 0 N–H and O–H groups in total. The van der Waals surface area contributed by atoms with Crippen molar-refractivity contribution in [2.75, 3.05) is 7.11 Å². The smallest absolute Gasteiger partial charge is 0.145 e. The maximum Gasteiger partial charge on any atom is 0.145 e. The van der Waals surface area contributed by atoms with Gasteiger partial charge in [-0.1, -0.05) is 19.1 Å². The van der Waals surface area contributed by atoms with Gasteiger partial charge in [0.2, 0.25) is 0 Å². The van der Waals surface area contributed by atoms with Crippen molar-refractivity contribution in [3.05, 3.63) is 47.5 Å². The highest BCUT2D eigenvalue weighted by atomic mass is 16.5. The standard InChI is InChI=1S/C19H24N2O2/c1-4-14(12-21-11-10-20-13(21)2)19(22)17-9-8-16-15(17)6-5-7-18(16)23-3/h5-7,10-11,14,17H,4,8-9,12H2,1-3H3. The molecule has 23 heavy (non-hydrogen) atoms. The second-order valence-electron chi connectivity index (χ2n) is 6.25. The maximum absolute atomic E-state index is 13.1. The van der Waals surface area contributed by atoms with Crippen LogP contribution in [0.2, 0.25) is 0 Å². The molecule has 2 unspecified atom stereocenters. The Kier molecular flexibility index (Phi) is 4.51. The summed E-state index contributed by atoms with van der Waals surface area (Å²) in [5.74, 6) is 2.27. The molecule has 0 saturated carbocycles. The third-order valence-corrected chi connectivity index (χ3v) is 5.03. The maximum atomic E-state index is 13.1. The van der Waals surface area contributed by atoms with Crippen LogP contribution in [0, 0.1) is 12.8 Å². The van der Waals surface area contributed by atoms with E-state index in [0.29, 0.717) is 5.78 Å². The van der Waals surface area contributed by atoms with Crippen LogP contribution in [0.5, 0.6) is 5.75 Å². The lowest BCUT2D eigenvalue weighted by Gasteiger charge is -2.20. The van der Waals surface area contributed by atoms with Gasteiger partial charge in [-0.05, 0) is 43.4 Å². The highest BCUT2D eigenvalue weighted by Gasteiger charge is 2.33. The van der Waals surface area contributed by atoms with E-state index in [-0.39, 0.29) is 11.8 Å². The van der Waals surface area contributed by atoms with E-state index in [1.54, 1.807) is 13.3 Å². The Bertz CT molecular complexity index is 705. The Morgan fingerprint density at radius 3 is 2.96 bits per heavy atom. The Balaban J connectivity index is 1.82. The highest BCUT2D eigenvalue weighted by Crippen LogP contribution is 2.40. The minimum absolute atomic E-state index is 0.00822. The number of carbonyl (C=O) groups is 1. The summed E-state index contributed by atoms with van der Waals surface area (Å²) in [6, 6.07) is 6.06. The summed E-state index contributed by atoms with van der Waals surface area (Å²) in [5.41, 5.74) is 2.37. The quantitative estimate of drug-likeness (QED) is 0.819. The number of rotatable bonds is 6. The summed E-state index contributed by atoms with van der Waals surface area (Å²) in [6.45, 7) is 4.79. The van der Waals surface area contributed by atoms with Gasteiger partial charge < -0.3 is 9.30 Å². The van der Waals surface area contributed by atoms with Gasteiger partial charge in [0.05, 0.1) is 7.11 Å². The molecule has 0 saturated heterocycles. The molecule has 1 aromatic carbocycles. The first-order valence-corrected chi connectivity index (χ1v) is 8.33. The number of Topliss-reactive ketones (excluding diaryl/α,β-unsaturated/α-hetero) is 1. The zero-order chi connectivity index (χ0) is 16.4. The second-order valence-corrected chi connectivity index (χ2v) is 6.25. The molecule has 2 atom stereocenters. The fourth-order valence-corrected chi connectivity index (χ4v) is 3.65. The number of aromatic nitrogens is 2. The molecule has 0 spiro atoms. The number of ether oxygens (including phenoxy) is 1. The van der Waals surface area contributed by atoms with Gasteiger partial charge in [-0.2, -0.15) is 0 Å². The van der Waals surface area contributed by atoms with Crippen molar-refractivity contribution < 1.29 is 9.53 Å². The van der Waals surface area contributed by atoms with Crippen LogP contribution >= 0.6 is 0 Å². The number of fused-ring (bicyclic) bond motifs is 1. The first-order valence-electron chi connectivity index (χ1n) is 8.33. The van der Waals surface area contributed by atoms with E-state index in [1.165, 1.54) is 5.56 Å². The second kappa shape index (κ2) is 6.57. The summed E-state index contributed by atoms with van der Waals surface area (Å²) in [6.07, 6.45) is 6.43. The predicted octanol–water partition coefficient (Wildman–Crippen LogP) is 3.53. The Morgan fingerprint density at radius 1 is 1.48 bits per heavy atom. The van der Waals surface area contributed by atoms with E-state index in [0.717, 1.165) is 42.9 Å². The monoisotopic (exact) mass is 312 g/mol. The van der Waals surface area contributed by atoms with Gasteiger partial charge in [0, 0.05) is 30.8 Å². The third kappa shape index (κ3) is 2.90. The number of imidazole rings is 1. The molecular formula is C19H24N2O2. The molecule has 0 bridgehead atoms. The summed E-state index contributed by atoms with van der Waals surface area (Å²) < 4.78 is 7.53. The van der Waals surface area contributed by atoms with Crippen LogP contribution in [0.3, 0.4) is 0 Å². The Labute approximate surface area is 137 Å². The van der Waals surface area contributed by atoms with Crippen molar-refractivity contribution in [1.82, 2.24) is 9.55 Å². The summed E-state index contributed by atoms with van der Waals surface area (Å²) in [4.78, 5) is 17.4. The highest BCUT2D eigenvalue weighted by molar-refractivity contribution is 5.89. The number of benzene rings is 1. The van der Waals surface area contributed by atoms with Gasteiger partial charge >= 0.3 is 0 Å². The topological polar surface area (TPSA) is 44.1 Å². The number of hydrogen-bond acceptors (Lipinski definition) is 3. The van der Waals surface area contributed by atoms with E-state index in [1.807, 2.05) is 25.3 Å². The van der Waals surface area contributed by atoms with Gasteiger partial charge in [0.15, 0.2) is 0 Å². The first-order chi connectivity index (χ1) is 11.2. The van der Waals surface area contributed by atoms with Crippen LogP contribution in [0.1, 0.15) is 42.6 Å². The van der Waals surface area contributed by atoms with Crippen molar-refractivity contribution in [3.8, 4) is 5.75 Å². The van der Waals surface area contributed by atoms with E-state index < -0.39 is 0 Å². The molecule has 1 aliphatic rings. The average Bonchev–Trinajstić information content (AvgIpc) is 3.17. The van der Waals surface area contributed by atoms with Gasteiger partial charge in [-0.15, -0.1) is 0 Å². The molecule has 0 fully saturated rings. The molecule has 1 heterocycles. The zero-order valence-corrected chi connectivity index (χ0v) is 14.1. The van der Waals surface area contributed by atoms with E-state index >= 15 is 0 Å². The lowest BCUT2D eigenvalue weighted by molar-refractivity contribution is -0.124. The fraction of sp³-hybridized carbons (Fsp3) is 0.474. The molecule has 2 aromatic rings. The first kappa shape index (κ1) is 15.8. The van der Waals surface area contributed by atoms with E-state index in [4.69, 9.17) is 4.74 Å². The fourth-order valence-electron chi connectivity index (χ4n) is 3.65. The lowest BCUT2D eigenvalue weighted by Crippen LogP contribution is -2.25. The Hall–Kier alpha value is -2.10. The van der Waals surface area contributed by atoms with Crippen molar-refractivity contribution in [3.63, 3.8) is 0 Å². The van der Waals surface area contributed by atoms with Crippen molar-refractivity contribution in [1.29, 1.82) is 0 Å². The molecule has 1 aliphatic carbocycles. The number of ketones is 1. The summed E-state index contributed by atoms with van der Waals surface area (Å²) in [7, 11) is 1.70. The van der Waals surface area contributed by atoms with Crippen LogP contribution < -0.4 is 4.74 Å². The minimum Gasteiger partial charge on any atom is -0.496 e. The number of hydrogen-bond donors (Lipinski definition) is 0. The molecule has 122 valence electrons. The van der Waals surface area contributed by atoms with Gasteiger partial charge in [0.1, 0.15) is 17.4 Å². The number of methoxy groups -OCH3 is 1. The van der Waals surface area contributed by atoms with Gasteiger partial charge in [0.25, 0.3) is 0 Å². The summed E-state index contributed by atoms with van der Waals surface area (Å²) >= 11 is 0. The van der Waals surface area contributed by atoms with Crippen molar-refractivity contribution in [2.45, 2.75) is 45.6 Å². The van der Waals surface area contributed by atoms with Crippen molar-refractivity contribution in [2.24, 2.45) is 5.92 Å². The van der Waals surface area contributed by atoms with E-state index in [2.05, 4.69) is 22.5 Å². The van der Waals surface area contributed by atoms with Crippen LogP contribution in [-0.2, 0) is 17.8 Å². The zero-order valence-electron chi connectivity index (χ0n) is 14.1. The largest absolute Gasteiger partial charge is 0.496 e. The SMILES string of the molecule is CCC(Cn1ccnc1C)C(=O)C1CCc2c(OC)cccc21. The van der Waals surface area contributed by atoms with Crippen LogP contribution in [0.25, 0.3) is 0 Å². The molecule has 1 aromatic heterocycles. The normalized spacial score (nSPS) is 17.8. The van der Waals surface area contributed by atoms with Crippen molar-refractivity contribution >= 4 is 5.78 Å². The van der Waals surface area contributed by atoms with Gasteiger partial charge in [-0.3, -0.25) is 4.79 Å². The lowest BCUT2D eigenvalue weighted by atomic mass is 9.87. The van der Waals surface area contributed by atoms with Crippen LogP contribution in [0.4, 0.5) is 0 Å².